The molecule has 3 heteroatoms. The van der Waals surface area contributed by atoms with Crippen molar-refractivity contribution in [2.24, 2.45) is 0 Å². The zero-order chi connectivity index (χ0) is 13.0. The van der Waals surface area contributed by atoms with Gasteiger partial charge in [-0.3, -0.25) is 0 Å². The monoisotopic (exact) mass is 250 g/mol. The first-order valence-corrected chi connectivity index (χ1v) is 5.78. The second kappa shape index (κ2) is 5.25. The highest BCUT2D eigenvalue weighted by molar-refractivity contribution is 5.75. The van der Waals surface area contributed by atoms with E-state index in [9.17, 15) is 13.2 Å². The summed E-state index contributed by atoms with van der Waals surface area (Å²) >= 11 is 0. The first-order chi connectivity index (χ1) is 8.57. The van der Waals surface area contributed by atoms with Gasteiger partial charge in [-0.1, -0.05) is 42.5 Å². The van der Waals surface area contributed by atoms with Crippen LogP contribution in [0.2, 0.25) is 0 Å². The number of benzene rings is 1. The van der Waals surface area contributed by atoms with Crippen molar-refractivity contribution in [2.45, 2.75) is 19.0 Å². The molecule has 1 aliphatic carbocycles. The number of hydrogen-bond donors (Lipinski definition) is 0. The van der Waals surface area contributed by atoms with E-state index >= 15 is 0 Å². The molecule has 0 bridgehead atoms. The highest BCUT2D eigenvalue weighted by Gasteiger charge is 2.30. The minimum absolute atomic E-state index is 0.590. The molecule has 0 amide bonds. The molecule has 1 aromatic carbocycles. The summed E-state index contributed by atoms with van der Waals surface area (Å²) in [6.45, 7) is 0. The van der Waals surface area contributed by atoms with Gasteiger partial charge in [0, 0.05) is 0 Å². The third kappa shape index (κ3) is 3.13. The molecule has 0 radical (unpaired) electrons. The molecule has 0 aliphatic heterocycles. The van der Waals surface area contributed by atoms with Crippen molar-refractivity contribution in [2.75, 3.05) is 0 Å². The van der Waals surface area contributed by atoms with E-state index in [4.69, 9.17) is 0 Å². The second-order valence-corrected chi connectivity index (χ2v) is 4.11. The van der Waals surface area contributed by atoms with Crippen LogP contribution in [0, 0.1) is 0 Å². The van der Waals surface area contributed by atoms with Gasteiger partial charge < -0.3 is 0 Å². The molecular formula is C15H13F3. The molecule has 0 aromatic heterocycles. The molecule has 0 saturated carbocycles. The molecule has 2 rings (SSSR count). The fraction of sp³-hybridized carbons (Fsp3) is 0.200. The predicted molar refractivity (Wildman–Crippen MR) is 66.9 cm³/mol. The fourth-order valence-corrected chi connectivity index (χ4v) is 1.79. The first-order valence-electron chi connectivity index (χ1n) is 5.78. The molecule has 0 fully saturated rings. The Morgan fingerprint density at radius 3 is 2.56 bits per heavy atom. The zero-order valence-corrected chi connectivity index (χ0v) is 9.74. The maximum atomic E-state index is 12.6. The van der Waals surface area contributed by atoms with Gasteiger partial charge in [0.1, 0.15) is 0 Å². The van der Waals surface area contributed by atoms with Crippen molar-refractivity contribution in [3.63, 3.8) is 0 Å². The minimum atomic E-state index is -4.29. The number of allylic oxidation sites excluding steroid dienone is 6. The number of hydrogen-bond acceptors (Lipinski definition) is 0. The summed E-state index contributed by atoms with van der Waals surface area (Å²) in [5, 5.41) is 0. The molecule has 0 unspecified atom stereocenters. The third-order valence-electron chi connectivity index (χ3n) is 2.73. The lowest BCUT2D eigenvalue weighted by atomic mass is 10.0. The second-order valence-electron chi connectivity index (χ2n) is 4.11. The standard InChI is InChI=1S/C15H13F3/c16-15(17,18)14-10-6-9-13(11-14)12-7-4-2-1-3-5-8-12/h2,4-11H,1,3H2/b4-2+,8-5-,12-7+. The minimum Gasteiger partial charge on any atom is -0.166 e. The Morgan fingerprint density at radius 1 is 1.00 bits per heavy atom. The summed E-state index contributed by atoms with van der Waals surface area (Å²) < 4.78 is 37.9. The van der Waals surface area contributed by atoms with E-state index in [1.54, 1.807) is 6.07 Å². The Bertz CT molecular complexity index is 505. The third-order valence-corrected chi connectivity index (χ3v) is 2.73. The molecule has 18 heavy (non-hydrogen) atoms. The maximum absolute atomic E-state index is 12.6. The van der Waals surface area contributed by atoms with Crippen LogP contribution in [0.1, 0.15) is 24.0 Å². The highest BCUT2D eigenvalue weighted by Crippen LogP contribution is 2.31. The molecule has 94 valence electrons. The van der Waals surface area contributed by atoms with Gasteiger partial charge in [-0.05, 0) is 36.1 Å². The van der Waals surface area contributed by atoms with Gasteiger partial charge in [-0.2, -0.15) is 13.2 Å². The molecule has 0 saturated heterocycles. The Balaban J connectivity index is 2.38. The average Bonchev–Trinajstić information content (AvgIpc) is 2.27. The van der Waals surface area contributed by atoms with E-state index in [2.05, 4.69) is 0 Å². The maximum Gasteiger partial charge on any atom is 0.416 e. The fourth-order valence-electron chi connectivity index (χ4n) is 1.79. The van der Waals surface area contributed by atoms with Gasteiger partial charge in [0.05, 0.1) is 5.56 Å². The molecule has 1 aromatic rings. The van der Waals surface area contributed by atoms with Crippen molar-refractivity contribution >= 4 is 5.57 Å². The van der Waals surface area contributed by atoms with Crippen LogP contribution < -0.4 is 0 Å². The van der Waals surface area contributed by atoms with Crippen LogP contribution in [-0.2, 0) is 6.18 Å². The summed E-state index contributed by atoms with van der Waals surface area (Å²) in [7, 11) is 0. The first kappa shape index (κ1) is 12.7. The van der Waals surface area contributed by atoms with Gasteiger partial charge >= 0.3 is 6.18 Å². The van der Waals surface area contributed by atoms with Crippen molar-refractivity contribution in [3.8, 4) is 0 Å². The van der Waals surface area contributed by atoms with E-state index in [1.807, 2.05) is 30.4 Å². The lowest BCUT2D eigenvalue weighted by Crippen LogP contribution is -2.04. The largest absolute Gasteiger partial charge is 0.416 e. The topological polar surface area (TPSA) is 0 Å². The van der Waals surface area contributed by atoms with E-state index in [0.29, 0.717) is 5.56 Å². The molecule has 0 heterocycles. The predicted octanol–water partition coefficient (Wildman–Crippen LogP) is 5.00. The summed E-state index contributed by atoms with van der Waals surface area (Å²) in [4.78, 5) is 0. The highest BCUT2D eigenvalue weighted by atomic mass is 19.4. The summed E-state index contributed by atoms with van der Waals surface area (Å²) in [5.74, 6) is 0. The van der Waals surface area contributed by atoms with Gasteiger partial charge in [-0.25, -0.2) is 0 Å². The smallest absolute Gasteiger partial charge is 0.166 e. The van der Waals surface area contributed by atoms with E-state index in [1.165, 1.54) is 12.1 Å². The van der Waals surface area contributed by atoms with Crippen LogP contribution in [0.3, 0.4) is 0 Å². The lowest BCUT2D eigenvalue weighted by Gasteiger charge is -2.09. The van der Waals surface area contributed by atoms with Gasteiger partial charge in [-0.15, -0.1) is 0 Å². The van der Waals surface area contributed by atoms with E-state index in [-0.39, 0.29) is 0 Å². The molecule has 0 atom stereocenters. The Hall–Kier alpha value is -1.77. The normalized spacial score (nSPS) is 22.5. The van der Waals surface area contributed by atoms with Crippen LogP contribution >= 0.6 is 0 Å². The molecule has 1 aliphatic rings. The Labute approximate surface area is 104 Å². The van der Waals surface area contributed by atoms with Crippen LogP contribution in [0.5, 0.6) is 0 Å². The van der Waals surface area contributed by atoms with Gasteiger partial charge in [0.2, 0.25) is 0 Å². The summed E-state index contributed by atoms with van der Waals surface area (Å²) in [5.41, 5.74) is 0.782. The summed E-state index contributed by atoms with van der Waals surface area (Å²) in [6, 6.07) is 5.41. The van der Waals surface area contributed by atoms with Crippen LogP contribution in [0.25, 0.3) is 5.57 Å². The SMILES string of the molecule is FC(F)(F)c1cccc(C2=C/C=C/CC/C=C\2)c1. The van der Waals surface area contributed by atoms with Crippen molar-refractivity contribution in [1.82, 2.24) is 0 Å². The van der Waals surface area contributed by atoms with Crippen molar-refractivity contribution < 1.29 is 13.2 Å². The summed E-state index contributed by atoms with van der Waals surface area (Å²) in [6.07, 6.45) is 7.17. The number of rotatable bonds is 1. The van der Waals surface area contributed by atoms with Crippen LogP contribution in [-0.4, -0.2) is 0 Å². The van der Waals surface area contributed by atoms with E-state index < -0.39 is 11.7 Å². The van der Waals surface area contributed by atoms with Crippen molar-refractivity contribution in [3.05, 3.63) is 65.8 Å². The van der Waals surface area contributed by atoms with Crippen LogP contribution in [0.4, 0.5) is 13.2 Å². The number of alkyl halides is 3. The molecule has 0 spiro atoms. The number of halogens is 3. The zero-order valence-electron chi connectivity index (χ0n) is 9.74. The van der Waals surface area contributed by atoms with Crippen LogP contribution in [0.15, 0.2) is 54.6 Å². The van der Waals surface area contributed by atoms with Gasteiger partial charge in [0.15, 0.2) is 0 Å². The Morgan fingerprint density at radius 2 is 1.78 bits per heavy atom. The molecule has 0 nitrogen and oxygen atoms in total. The van der Waals surface area contributed by atoms with Gasteiger partial charge in [0.25, 0.3) is 0 Å². The molecule has 0 N–H and O–H groups in total. The quantitative estimate of drug-likeness (QED) is 0.658. The molecular weight excluding hydrogens is 237 g/mol. The average molecular weight is 250 g/mol. The lowest BCUT2D eigenvalue weighted by molar-refractivity contribution is -0.137. The van der Waals surface area contributed by atoms with E-state index in [0.717, 1.165) is 24.5 Å². The van der Waals surface area contributed by atoms with Crippen molar-refractivity contribution in [1.29, 1.82) is 0 Å². The Kier molecular flexibility index (Phi) is 3.70.